The minimum atomic E-state index is 0.574. The summed E-state index contributed by atoms with van der Waals surface area (Å²) in [6.45, 7) is 3.13. The van der Waals surface area contributed by atoms with Crippen molar-refractivity contribution in [3.8, 4) is 0 Å². The van der Waals surface area contributed by atoms with E-state index in [9.17, 15) is 0 Å². The van der Waals surface area contributed by atoms with Crippen molar-refractivity contribution in [3.63, 3.8) is 0 Å². The lowest BCUT2D eigenvalue weighted by Gasteiger charge is -2.05. The van der Waals surface area contributed by atoms with Gasteiger partial charge in [-0.1, -0.05) is 0 Å². The molecule has 0 unspecified atom stereocenters. The van der Waals surface area contributed by atoms with Gasteiger partial charge >= 0.3 is 0 Å². The number of anilines is 1. The van der Waals surface area contributed by atoms with Gasteiger partial charge in [0.25, 0.3) is 0 Å². The highest BCUT2D eigenvalue weighted by Gasteiger charge is 2.08. The van der Waals surface area contributed by atoms with Gasteiger partial charge < -0.3 is 11.1 Å². The van der Waals surface area contributed by atoms with Gasteiger partial charge in [0.1, 0.15) is 11.6 Å². The summed E-state index contributed by atoms with van der Waals surface area (Å²) in [5, 5.41) is 8.24. The standard InChI is InChI=1S/C9H14N6/c1-6-13-8(11-4-3-10)7-5-12-15(2)9(7)14-6/h5H,3-4,10H2,1-2H3,(H,11,13,14). The van der Waals surface area contributed by atoms with Gasteiger partial charge in [0.05, 0.1) is 11.6 Å². The van der Waals surface area contributed by atoms with Crippen molar-refractivity contribution in [1.82, 2.24) is 19.7 Å². The molecule has 0 fully saturated rings. The molecule has 2 rings (SSSR count). The predicted octanol–water partition coefficient (Wildman–Crippen LogP) is 0.0423. The molecule has 15 heavy (non-hydrogen) atoms. The summed E-state index contributed by atoms with van der Waals surface area (Å²) in [5.41, 5.74) is 6.27. The molecule has 0 spiro atoms. The Hall–Kier alpha value is -1.69. The third kappa shape index (κ3) is 1.75. The summed E-state index contributed by atoms with van der Waals surface area (Å²) < 4.78 is 1.73. The Bertz CT molecular complexity index is 475. The number of hydrogen-bond acceptors (Lipinski definition) is 5. The lowest BCUT2D eigenvalue weighted by molar-refractivity contribution is 0.783. The Labute approximate surface area is 87.5 Å². The molecule has 2 aromatic rings. The predicted molar refractivity (Wildman–Crippen MR) is 58.6 cm³/mol. The molecule has 6 heteroatoms. The van der Waals surface area contributed by atoms with Crippen LogP contribution in [0.5, 0.6) is 0 Å². The van der Waals surface area contributed by atoms with Crippen molar-refractivity contribution in [3.05, 3.63) is 12.0 Å². The molecule has 2 heterocycles. The molecule has 0 saturated carbocycles. The molecule has 0 aliphatic heterocycles. The summed E-state index contributed by atoms with van der Waals surface area (Å²) in [6.07, 6.45) is 1.76. The summed E-state index contributed by atoms with van der Waals surface area (Å²) >= 11 is 0. The van der Waals surface area contributed by atoms with Crippen LogP contribution in [0.25, 0.3) is 11.0 Å². The number of nitrogens with one attached hydrogen (secondary N) is 1. The Kier molecular flexibility index (Phi) is 2.51. The molecular weight excluding hydrogens is 192 g/mol. The summed E-state index contributed by atoms with van der Waals surface area (Å²) in [7, 11) is 1.86. The molecule has 0 aliphatic carbocycles. The van der Waals surface area contributed by atoms with Gasteiger partial charge in [-0.3, -0.25) is 4.68 Å². The van der Waals surface area contributed by atoms with E-state index in [0.717, 1.165) is 22.7 Å². The molecule has 0 aliphatic rings. The second-order valence-corrected chi connectivity index (χ2v) is 3.34. The lowest BCUT2D eigenvalue weighted by Crippen LogP contribution is -2.14. The van der Waals surface area contributed by atoms with Gasteiger partial charge in [0, 0.05) is 20.1 Å². The van der Waals surface area contributed by atoms with E-state index in [1.165, 1.54) is 0 Å². The molecule has 3 N–H and O–H groups in total. The molecule has 0 atom stereocenters. The van der Waals surface area contributed by atoms with Crippen LogP contribution < -0.4 is 11.1 Å². The topological polar surface area (TPSA) is 81.6 Å². The van der Waals surface area contributed by atoms with E-state index in [-0.39, 0.29) is 0 Å². The summed E-state index contributed by atoms with van der Waals surface area (Å²) in [6, 6.07) is 0. The number of rotatable bonds is 3. The van der Waals surface area contributed by atoms with Crippen molar-refractivity contribution < 1.29 is 0 Å². The molecule has 0 aromatic carbocycles. The Morgan fingerprint density at radius 2 is 2.27 bits per heavy atom. The van der Waals surface area contributed by atoms with Crippen molar-refractivity contribution in [1.29, 1.82) is 0 Å². The quantitative estimate of drug-likeness (QED) is 0.741. The Morgan fingerprint density at radius 3 is 3.00 bits per heavy atom. The van der Waals surface area contributed by atoms with Gasteiger partial charge in [-0.05, 0) is 6.92 Å². The third-order valence-electron chi connectivity index (χ3n) is 2.14. The van der Waals surface area contributed by atoms with Crippen molar-refractivity contribution in [2.75, 3.05) is 18.4 Å². The molecular formula is C9H14N6. The Morgan fingerprint density at radius 1 is 1.47 bits per heavy atom. The summed E-state index contributed by atoms with van der Waals surface area (Å²) in [4.78, 5) is 8.64. The van der Waals surface area contributed by atoms with E-state index in [4.69, 9.17) is 5.73 Å². The molecule has 0 amide bonds. The summed E-state index contributed by atoms with van der Waals surface area (Å²) in [5.74, 6) is 1.53. The van der Waals surface area contributed by atoms with Crippen LogP contribution in [-0.4, -0.2) is 32.8 Å². The molecule has 0 saturated heterocycles. The molecule has 6 nitrogen and oxygen atoms in total. The highest BCUT2D eigenvalue weighted by atomic mass is 15.3. The number of nitrogens with two attached hydrogens (primary N) is 1. The van der Waals surface area contributed by atoms with Crippen LogP contribution in [-0.2, 0) is 7.05 Å². The van der Waals surface area contributed by atoms with E-state index in [0.29, 0.717) is 13.1 Å². The minimum absolute atomic E-state index is 0.574. The van der Waals surface area contributed by atoms with Crippen LogP contribution in [0.15, 0.2) is 6.20 Å². The molecule has 0 radical (unpaired) electrons. The average molecular weight is 206 g/mol. The van der Waals surface area contributed by atoms with Crippen LogP contribution in [0, 0.1) is 6.92 Å². The zero-order valence-corrected chi connectivity index (χ0v) is 8.86. The van der Waals surface area contributed by atoms with Crippen LogP contribution in [0.2, 0.25) is 0 Å². The maximum Gasteiger partial charge on any atom is 0.163 e. The largest absolute Gasteiger partial charge is 0.368 e. The highest BCUT2D eigenvalue weighted by Crippen LogP contribution is 2.18. The average Bonchev–Trinajstić information content (AvgIpc) is 2.57. The fourth-order valence-electron chi connectivity index (χ4n) is 1.46. The first-order valence-electron chi connectivity index (χ1n) is 4.82. The monoisotopic (exact) mass is 206 g/mol. The molecule has 0 bridgehead atoms. The Balaban J connectivity index is 2.52. The minimum Gasteiger partial charge on any atom is -0.368 e. The lowest BCUT2D eigenvalue weighted by atomic mass is 10.4. The van der Waals surface area contributed by atoms with Crippen molar-refractivity contribution in [2.24, 2.45) is 12.8 Å². The smallest absolute Gasteiger partial charge is 0.163 e. The second kappa shape index (κ2) is 3.82. The zero-order valence-electron chi connectivity index (χ0n) is 8.86. The van der Waals surface area contributed by atoms with E-state index in [2.05, 4.69) is 20.4 Å². The fraction of sp³-hybridized carbons (Fsp3) is 0.444. The first kappa shape index (κ1) is 9.85. The van der Waals surface area contributed by atoms with Crippen LogP contribution >= 0.6 is 0 Å². The van der Waals surface area contributed by atoms with Gasteiger partial charge in [-0.25, -0.2) is 9.97 Å². The van der Waals surface area contributed by atoms with Crippen molar-refractivity contribution in [2.45, 2.75) is 6.92 Å². The fourth-order valence-corrected chi connectivity index (χ4v) is 1.46. The number of fused-ring (bicyclic) bond motifs is 1. The van der Waals surface area contributed by atoms with E-state index < -0.39 is 0 Å². The van der Waals surface area contributed by atoms with Gasteiger partial charge in [-0.15, -0.1) is 0 Å². The van der Waals surface area contributed by atoms with Crippen LogP contribution in [0.1, 0.15) is 5.82 Å². The number of nitrogens with zero attached hydrogens (tertiary/aromatic N) is 4. The second-order valence-electron chi connectivity index (χ2n) is 3.34. The molecule has 80 valence electrons. The molecule has 2 aromatic heterocycles. The van der Waals surface area contributed by atoms with E-state index in [1.807, 2.05) is 14.0 Å². The maximum atomic E-state index is 5.44. The van der Waals surface area contributed by atoms with Gasteiger partial charge in [0.2, 0.25) is 0 Å². The third-order valence-corrected chi connectivity index (χ3v) is 2.14. The normalized spacial score (nSPS) is 10.9. The van der Waals surface area contributed by atoms with Crippen LogP contribution in [0.3, 0.4) is 0 Å². The number of aryl methyl sites for hydroxylation is 2. The number of hydrogen-bond donors (Lipinski definition) is 2. The van der Waals surface area contributed by atoms with Gasteiger partial charge in [0.15, 0.2) is 5.65 Å². The highest BCUT2D eigenvalue weighted by molar-refractivity contribution is 5.86. The van der Waals surface area contributed by atoms with Gasteiger partial charge in [-0.2, -0.15) is 5.10 Å². The van der Waals surface area contributed by atoms with Crippen LogP contribution in [0.4, 0.5) is 5.82 Å². The van der Waals surface area contributed by atoms with E-state index in [1.54, 1.807) is 10.9 Å². The SMILES string of the molecule is Cc1nc(NCCN)c2cnn(C)c2n1. The first-order valence-corrected chi connectivity index (χ1v) is 4.82. The van der Waals surface area contributed by atoms with Crippen molar-refractivity contribution >= 4 is 16.9 Å². The zero-order chi connectivity index (χ0) is 10.8. The first-order chi connectivity index (χ1) is 7.22. The number of aromatic nitrogens is 4. The maximum absolute atomic E-state index is 5.44. The van der Waals surface area contributed by atoms with E-state index >= 15 is 0 Å².